The molecule has 0 unspecified atom stereocenters. The molecule has 4 heteroatoms. The number of hydrogen-bond donors (Lipinski definition) is 0. The van der Waals surface area contributed by atoms with Gasteiger partial charge in [0.1, 0.15) is 6.61 Å². The molecular formula is C15H16BrNO2. The van der Waals surface area contributed by atoms with Crippen LogP contribution in [0.5, 0.6) is 5.88 Å². The van der Waals surface area contributed by atoms with Crippen molar-refractivity contribution in [2.45, 2.75) is 13.5 Å². The summed E-state index contributed by atoms with van der Waals surface area (Å²) in [5.74, 6) is 0.659. The molecule has 2 rings (SSSR count). The van der Waals surface area contributed by atoms with Gasteiger partial charge in [0, 0.05) is 16.2 Å². The fraction of sp³-hybridized carbons (Fsp3) is 0.267. The molecule has 1 aromatic carbocycles. The molecule has 0 spiro atoms. The van der Waals surface area contributed by atoms with Gasteiger partial charge in [-0.3, -0.25) is 0 Å². The summed E-state index contributed by atoms with van der Waals surface area (Å²) in [5.41, 5.74) is 2.18. The van der Waals surface area contributed by atoms with Gasteiger partial charge in [-0.05, 0) is 34.5 Å². The van der Waals surface area contributed by atoms with Crippen molar-refractivity contribution in [1.82, 2.24) is 4.98 Å². The fourth-order valence-corrected chi connectivity index (χ4v) is 2.09. The van der Waals surface area contributed by atoms with E-state index >= 15 is 0 Å². The second-order valence-corrected chi connectivity index (χ2v) is 5.08. The summed E-state index contributed by atoms with van der Waals surface area (Å²) >= 11 is 3.37. The zero-order valence-corrected chi connectivity index (χ0v) is 12.4. The van der Waals surface area contributed by atoms with Crippen LogP contribution in [-0.2, 0) is 11.3 Å². The van der Waals surface area contributed by atoms with Gasteiger partial charge in [0.25, 0.3) is 0 Å². The maximum atomic E-state index is 5.57. The Morgan fingerprint density at radius 2 is 1.95 bits per heavy atom. The lowest BCUT2D eigenvalue weighted by molar-refractivity contribution is 0.0872. The van der Waals surface area contributed by atoms with Crippen LogP contribution in [0.3, 0.4) is 0 Å². The molecule has 19 heavy (non-hydrogen) atoms. The molecule has 0 amide bonds. The van der Waals surface area contributed by atoms with Gasteiger partial charge in [0.15, 0.2) is 0 Å². The van der Waals surface area contributed by atoms with Crippen LogP contribution in [0, 0.1) is 6.92 Å². The average molecular weight is 322 g/mol. The normalized spacial score (nSPS) is 10.4. The summed E-state index contributed by atoms with van der Waals surface area (Å²) in [4.78, 5) is 4.21. The molecule has 2 aromatic rings. The highest BCUT2D eigenvalue weighted by atomic mass is 79.9. The van der Waals surface area contributed by atoms with Crippen LogP contribution in [0.4, 0.5) is 0 Å². The summed E-state index contributed by atoms with van der Waals surface area (Å²) in [6, 6.07) is 12.1. The Morgan fingerprint density at radius 3 is 2.68 bits per heavy atom. The SMILES string of the molecule is Cc1cc(Br)cnc1OCCOCc1ccccc1. The van der Waals surface area contributed by atoms with Gasteiger partial charge in [-0.1, -0.05) is 30.3 Å². The lowest BCUT2D eigenvalue weighted by Crippen LogP contribution is -2.08. The number of pyridine rings is 1. The van der Waals surface area contributed by atoms with Gasteiger partial charge >= 0.3 is 0 Å². The Morgan fingerprint density at radius 1 is 1.16 bits per heavy atom. The number of aryl methyl sites for hydroxylation is 1. The van der Waals surface area contributed by atoms with E-state index in [9.17, 15) is 0 Å². The smallest absolute Gasteiger partial charge is 0.216 e. The second-order valence-electron chi connectivity index (χ2n) is 4.16. The van der Waals surface area contributed by atoms with Gasteiger partial charge in [-0.15, -0.1) is 0 Å². The van der Waals surface area contributed by atoms with E-state index in [0.29, 0.717) is 25.7 Å². The summed E-state index contributed by atoms with van der Waals surface area (Å²) in [6.45, 7) is 3.63. The highest BCUT2D eigenvalue weighted by Crippen LogP contribution is 2.18. The van der Waals surface area contributed by atoms with Gasteiger partial charge in [-0.25, -0.2) is 4.98 Å². The molecule has 0 saturated carbocycles. The van der Waals surface area contributed by atoms with Gasteiger partial charge < -0.3 is 9.47 Å². The van der Waals surface area contributed by atoms with E-state index in [1.807, 2.05) is 43.3 Å². The van der Waals surface area contributed by atoms with Crippen molar-refractivity contribution in [2.24, 2.45) is 0 Å². The molecule has 0 aliphatic rings. The molecule has 100 valence electrons. The topological polar surface area (TPSA) is 31.4 Å². The third-order valence-electron chi connectivity index (χ3n) is 2.57. The first kappa shape index (κ1) is 14.0. The molecule has 0 saturated heterocycles. The zero-order valence-electron chi connectivity index (χ0n) is 10.8. The van der Waals surface area contributed by atoms with E-state index in [1.165, 1.54) is 5.56 Å². The second kappa shape index (κ2) is 7.26. The van der Waals surface area contributed by atoms with E-state index < -0.39 is 0 Å². The van der Waals surface area contributed by atoms with Crippen molar-refractivity contribution in [2.75, 3.05) is 13.2 Å². The zero-order chi connectivity index (χ0) is 13.5. The lowest BCUT2D eigenvalue weighted by Gasteiger charge is -2.08. The highest BCUT2D eigenvalue weighted by Gasteiger charge is 2.01. The molecule has 0 N–H and O–H groups in total. The largest absolute Gasteiger partial charge is 0.475 e. The number of benzene rings is 1. The molecule has 0 fully saturated rings. The Bertz CT molecular complexity index is 517. The first-order valence-corrected chi connectivity index (χ1v) is 6.91. The van der Waals surface area contributed by atoms with E-state index in [-0.39, 0.29) is 0 Å². The van der Waals surface area contributed by atoms with Crippen LogP contribution in [0.25, 0.3) is 0 Å². The molecule has 0 aliphatic heterocycles. The van der Waals surface area contributed by atoms with Crippen LogP contribution in [-0.4, -0.2) is 18.2 Å². The van der Waals surface area contributed by atoms with Crippen molar-refractivity contribution >= 4 is 15.9 Å². The molecule has 1 heterocycles. The number of rotatable bonds is 6. The predicted octanol–water partition coefficient (Wildman–Crippen LogP) is 3.75. The summed E-state index contributed by atoms with van der Waals surface area (Å²) in [6.07, 6.45) is 1.73. The van der Waals surface area contributed by atoms with Crippen molar-refractivity contribution in [3.05, 3.63) is 58.2 Å². The Kier molecular flexibility index (Phi) is 5.36. The van der Waals surface area contributed by atoms with Gasteiger partial charge in [0.2, 0.25) is 5.88 Å². The van der Waals surface area contributed by atoms with Crippen LogP contribution in [0.2, 0.25) is 0 Å². The summed E-state index contributed by atoms with van der Waals surface area (Å²) < 4.78 is 12.1. The highest BCUT2D eigenvalue weighted by molar-refractivity contribution is 9.10. The van der Waals surface area contributed by atoms with Crippen LogP contribution in [0.15, 0.2) is 47.1 Å². The maximum absolute atomic E-state index is 5.57. The minimum absolute atomic E-state index is 0.502. The van der Waals surface area contributed by atoms with Crippen LogP contribution < -0.4 is 4.74 Å². The number of aromatic nitrogens is 1. The Hall–Kier alpha value is -1.39. The van der Waals surface area contributed by atoms with Gasteiger partial charge in [0.05, 0.1) is 13.2 Å². The number of nitrogens with zero attached hydrogens (tertiary/aromatic N) is 1. The Labute approximate surface area is 121 Å². The van der Waals surface area contributed by atoms with Crippen LogP contribution >= 0.6 is 15.9 Å². The lowest BCUT2D eigenvalue weighted by atomic mass is 10.2. The standard InChI is InChI=1S/C15H16BrNO2/c1-12-9-14(16)10-17-15(12)19-8-7-18-11-13-5-3-2-4-6-13/h2-6,9-10H,7-8,11H2,1H3. The average Bonchev–Trinajstić information content (AvgIpc) is 2.42. The summed E-state index contributed by atoms with van der Waals surface area (Å²) in [7, 11) is 0. The molecule has 1 aromatic heterocycles. The molecule has 0 bridgehead atoms. The van der Waals surface area contributed by atoms with E-state index in [2.05, 4.69) is 20.9 Å². The van der Waals surface area contributed by atoms with Crippen molar-refractivity contribution in [3.63, 3.8) is 0 Å². The molecular weight excluding hydrogens is 306 g/mol. The summed E-state index contributed by atoms with van der Waals surface area (Å²) in [5, 5.41) is 0. The third-order valence-corrected chi connectivity index (χ3v) is 3.01. The number of ether oxygens (including phenoxy) is 2. The third kappa shape index (κ3) is 4.65. The minimum atomic E-state index is 0.502. The fourth-order valence-electron chi connectivity index (χ4n) is 1.64. The van der Waals surface area contributed by atoms with Crippen molar-refractivity contribution in [1.29, 1.82) is 0 Å². The van der Waals surface area contributed by atoms with E-state index in [4.69, 9.17) is 9.47 Å². The van der Waals surface area contributed by atoms with Crippen molar-refractivity contribution < 1.29 is 9.47 Å². The molecule has 0 radical (unpaired) electrons. The number of halogens is 1. The van der Waals surface area contributed by atoms with Crippen LogP contribution in [0.1, 0.15) is 11.1 Å². The first-order valence-electron chi connectivity index (χ1n) is 6.12. The number of hydrogen-bond acceptors (Lipinski definition) is 3. The monoisotopic (exact) mass is 321 g/mol. The minimum Gasteiger partial charge on any atom is -0.475 e. The molecule has 0 aliphatic carbocycles. The van der Waals surface area contributed by atoms with E-state index in [1.54, 1.807) is 6.20 Å². The molecule has 0 atom stereocenters. The first-order chi connectivity index (χ1) is 9.25. The van der Waals surface area contributed by atoms with Crippen molar-refractivity contribution in [3.8, 4) is 5.88 Å². The Balaban J connectivity index is 1.69. The molecule has 3 nitrogen and oxygen atoms in total. The van der Waals surface area contributed by atoms with E-state index in [0.717, 1.165) is 10.0 Å². The maximum Gasteiger partial charge on any atom is 0.216 e. The quantitative estimate of drug-likeness (QED) is 0.759. The predicted molar refractivity (Wildman–Crippen MR) is 78.3 cm³/mol. The van der Waals surface area contributed by atoms with Gasteiger partial charge in [-0.2, -0.15) is 0 Å².